The van der Waals surface area contributed by atoms with Crippen molar-refractivity contribution >= 4 is 12.1 Å². The predicted octanol–water partition coefficient (Wildman–Crippen LogP) is 1.63. The summed E-state index contributed by atoms with van der Waals surface area (Å²) in [6.07, 6.45) is 6.98. The molecule has 3 amide bonds. The van der Waals surface area contributed by atoms with Gasteiger partial charge in [0, 0.05) is 12.1 Å². The van der Waals surface area contributed by atoms with Crippen molar-refractivity contribution in [2.75, 3.05) is 0 Å². The number of nitrogens with one attached hydrogen (secondary N) is 2. The van der Waals surface area contributed by atoms with Gasteiger partial charge in [-0.05, 0) is 38.5 Å². The second kappa shape index (κ2) is 6.63. The molecule has 0 unspecified atom stereocenters. The van der Waals surface area contributed by atoms with E-state index in [2.05, 4.69) is 10.6 Å². The molecule has 2 saturated carbocycles. The molecule has 19 heavy (non-hydrogen) atoms. The Hall–Kier alpha value is -1.46. The van der Waals surface area contributed by atoms with Crippen LogP contribution >= 0.6 is 0 Å². The fourth-order valence-electron chi connectivity index (χ4n) is 2.97. The Morgan fingerprint density at radius 1 is 0.895 bits per heavy atom. The van der Waals surface area contributed by atoms with Gasteiger partial charge in [-0.15, -0.1) is 0 Å². The van der Waals surface area contributed by atoms with Crippen molar-refractivity contribution in [1.82, 2.24) is 10.6 Å². The first-order valence-electron chi connectivity index (χ1n) is 7.16. The summed E-state index contributed by atoms with van der Waals surface area (Å²) in [6.45, 7) is 0. The van der Waals surface area contributed by atoms with Gasteiger partial charge in [-0.1, -0.05) is 12.8 Å². The van der Waals surface area contributed by atoms with Gasteiger partial charge < -0.3 is 21.1 Å². The number of nitrogens with two attached hydrogens (primary N) is 1. The molecule has 0 aliphatic heterocycles. The van der Waals surface area contributed by atoms with Gasteiger partial charge in [-0.3, -0.25) is 0 Å². The lowest BCUT2D eigenvalue weighted by Crippen LogP contribution is -2.47. The maximum absolute atomic E-state index is 11.8. The van der Waals surface area contributed by atoms with E-state index in [0.717, 1.165) is 38.5 Å². The summed E-state index contributed by atoms with van der Waals surface area (Å²) in [5.41, 5.74) is 4.99. The molecule has 4 N–H and O–H groups in total. The number of rotatable bonds is 3. The summed E-state index contributed by atoms with van der Waals surface area (Å²) in [5, 5.41) is 6.01. The quantitative estimate of drug-likeness (QED) is 0.727. The van der Waals surface area contributed by atoms with Crippen LogP contribution in [0.2, 0.25) is 0 Å². The molecule has 0 aromatic rings. The molecule has 2 aliphatic rings. The van der Waals surface area contributed by atoms with Crippen LogP contribution in [0.1, 0.15) is 51.4 Å². The molecule has 0 radical (unpaired) electrons. The topological polar surface area (TPSA) is 93.5 Å². The molecule has 2 aliphatic carbocycles. The summed E-state index contributed by atoms with van der Waals surface area (Å²) < 4.78 is 4.96. The molecular weight excluding hydrogens is 246 g/mol. The number of carbonyl (C=O) groups is 2. The van der Waals surface area contributed by atoms with E-state index in [0.29, 0.717) is 6.04 Å². The Labute approximate surface area is 113 Å². The summed E-state index contributed by atoms with van der Waals surface area (Å²) in [6, 6.07) is 0.454. The van der Waals surface area contributed by atoms with E-state index in [9.17, 15) is 9.59 Å². The van der Waals surface area contributed by atoms with Gasteiger partial charge in [0.2, 0.25) is 0 Å². The molecule has 2 rings (SSSR count). The molecule has 0 atom stereocenters. The molecule has 2 fully saturated rings. The van der Waals surface area contributed by atoms with E-state index in [1.54, 1.807) is 0 Å². The molecule has 0 aromatic heterocycles. The van der Waals surface area contributed by atoms with E-state index < -0.39 is 6.09 Å². The maximum Gasteiger partial charge on any atom is 0.404 e. The zero-order valence-corrected chi connectivity index (χ0v) is 11.2. The largest absolute Gasteiger partial charge is 0.446 e. The summed E-state index contributed by atoms with van der Waals surface area (Å²) in [4.78, 5) is 22.4. The van der Waals surface area contributed by atoms with Crippen molar-refractivity contribution in [3.05, 3.63) is 0 Å². The minimum atomic E-state index is -0.713. The third kappa shape index (κ3) is 4.61. The van der Waals surface area contributed by atoms with E-state index in [4.69, 9.17) is 10.5 Å². The predicted molar refractivity (Wildman–Crippen MR) is 70.6 cm³/mol. The number of urea groups is 1. The Balaban J connectivity index is 1.64. The fourth-order valence-corrected chi connectivity index (χ4v) is 2.97. The van der Waals surface area contributed by atoms with Crippen LogP contribution in [0.25, 0.3) is 0 Å². The highest BCUT2D eigenvalue weighted by Crippen LogP contribution is 2.21. The van der Waals surface area contributed by atoms with Crippen LogP contribution < -0.4 is 16.4 Å². The smallest absolute Gasteiger partial charge is 0.404 e. The Morgan fingerprint density at radius 2 is 1.42 bits per heavy atom. The monoisotopic (exact) mass is 269 g/mol. The van der Waals surface area contributed by atoms with E-state index in [1.807, 2.05) is 0 Å². The Bertz CT molecular complexity index is 321. The molecule has 0 bridgehead atoms. The van der Waals surface area contributed by atoms with Crippen molar-refractivity contribution < 1.29 is 14.3 Å². The first-order chi connectivity index (χ1) is 9.13. The van der Waals surface area contributed by atoms with Gasteiger partial charge in [0.05, 0.1) is 0 Å². The van der Waals surface area contributed by atoms with Crippen LogP contribution in [0.15, 0.2) is 0 Å². The van der Waals surface area contributed by atoms with Crippen LogP contribution in [-0.4, -0.2) is 30.3 Å². The Kier molecular flexibility index (Phi) is 4.87. The number of hydrogen-bond acceptors (Lipinski definition) is 3. The average molecular weight is 269 g/mol. The lowest BCUT2D eigenvalue weighted by Gasteiger charge is -2.28. The lowest BCUT2D eigenvalue weighted by atomic mass is 9.93. The molecule has 0 saturated heterocycles. The third-order valence-electron chi connectivity index (χ3n) is 3.98. The first kappa shape index (κ1) is 14.0. The highest BCUT2D eigenvalue weighted by Gasteiger charge is 2.25. The third-order valence-corrected chi connectivity index (χ3v) is 3.98. The number of amides is 3. The van der Waals surface area contributed by atoms with Gasteiger partial charge >= 0.3 is 12.1 Å². The zero-order valence-electron chi connectivity index (χ0n) is 11.2. The van der Waals surface area contributed by atoms with E-state index in [1.165, 1.54) is 12.8 Å². The van der Waals surface area contributed by atoms with Crippen molar-refractivity contribution in [1.29, 1.82) is 0 Å². The van der Waals surface area contributed by atoms with Gasteiger partial charge in [0.25, 0.3) is 0 Å². The summed E-state index contributed by atoms with van der Waals surface area (Å²) >= 11 is 0. The lowest BCUT2D eigenvalue weighted by molar-refractivity contribution is 0.0764. The van der Waals surface area contributed by atoms with Gasteiger partial charge in [-0.2, -0.15) is 0 Å². The van der Waals surface area contributed by atoms with E-state index >= 15 is 0 Å². The highest BCUT2D eigenvalue weighted by molar-refractivity contribution is 5.74. The number of primary amides is 1. The normalized spacial score (nSPS) is 27.8. The first-order valence-corrected chi connectivity index (χ1v) is 7.16. The van der Waals surface area contributed by atoms with Crippen molar-refractivity contribution in [3.8, 4) is 0 Å². The second-order valence-electron chi connectivity index (χ2n) is 5.51. The average Bonchev–Trinajstić information content (AvgIpc) is 2.83. The number of carbonyl (C=O) groups excluding carboxylic acids is 2. The second-order valence-corrected chi connectivity index (χ2v) is 5.51. The zero-order chi connectivity index (χ0) is 13.7. The maximum atomic E-state index is 11.8. The van der Waals surface area contributed by atoms with Gasteiger partial charge in [0.15, 0.2) is 0 Å². The van der Waals surface area contributed by atoms with Gasteiger partial charge in [-0.25, -0.2) is 9.59 Å². The molecule has 0 spiro atoms. The molecule has 6 nitrogen and oxygen atoms in total. The minimum Gasteiger partial charge on any atom is -0.446 e. The SMILES string of the molecule is NC(=O)OC1CCC(NC(=O)NC2CCCC2)CC1. The number of hydrogen-bond donors (Lipinski definition) is 3. The molecule has 6 heteroatoms. The van der Waals surface area contributed by atoms with Crippen molar-refractivity contribution in [3.63, 3.8) is 0 Å². The van der Waals surface area contributed by atoms with Gasteiger partial charge in [0.1, 0.15) is 6.10 Å². The van der Waals surface area contributed by atoms with Crippen LogP contribution in [0.3, 0.4) is 0 Å². The minimum absolute atomic E-state index is 0.0637. The van der Waals surface area contributed by atoms with E-state index in [-0.39, 0.29) is 18.2 Å². The van der Waals surface area contributed by atoms with Crippen LogP contribution in [0, 0.1) is 0 Å². The summed E-state index contributed by atoms with van der Waals surface area (Å²) in [5.74, 6) is 0. The number of ether oxygens (including phenoxy) is 1. The molecule has 108 valence electrons. The van der Waals surface area contributed by atoms with Crippen molar-refractivity contribution in [2.45, 2.75) is 69.6 Å². The standard InChI is InChI=1S/C13H23N3O3/c14-12(17)19-11-7-5-10(6-8-11)16-13(18)15-9-3-1-2-4-9/h9-11H,1-8H2,(H2,14,17)(H2,15,16,18). The van der Waals surface area contributed by atoms with Crippen LogP contribution in [0.5, 0.6) is 0 Å². The fraction of sp³-hybridized carbons (Fsp3) is 0.846. The van der Waals surface area contributed by atoms with Crippen LogP contribution in [-0.2, 0) is 4.74 Å². The Morgan fingerprint density at radius 3 is 1.95 bits per heavy atom. The van der Waals surface area contributed by atoms with Crippen LogP contribution in [0.4, 0.5) is 9.59 Å². The molecule has 0 heterocycles. The highest BCUT2D eigenvalue weighted by atomic mass is 16.6. The molecular formula is C13H23N3O3. The summed E-state index contributed by atoms with van der Waals surface area (Å²) in [7, 11) is 0. The molecule has 0 aromatic carbocycles. The van der Waals surface area contributed by atoms with Crippen molar-refractivity contribution in [2.24, 2.45) is 5.73 Å².